The maximum absolute atomic E-state index is 12.1. The third-order valence-corrected chi connectivity index (χ3v) is 3.73. The molecule has 0 radical (unpaired) electrons. The van der Waals surface area contributed by atoms with E-state index in [0.717, 1.165) is 17.7 Å². The van der Waals surface area contributed by atoms with Crippen molar-refractivity contribution in [2.45, 2.75) is 23.8 Å². The van der Waals surface area contributed by atoms with Crippen molar-refractivity contribution < 1.29 is 14.3 Å². The Morgan fingerprint density at radius 2 is 2.15 bits per heavy atom. The summed E-state index contributed by atoms with van der Waals surface area (Å²) in [4.78, 5) is 24.6. The molecular weight excluding hydrogens is 276 g/mol. The minimum Gasteiger partial charge on any atom is -0.496 e. The molecule has 0 aromatic heterocycles. The molecule has 2 amide bonds. The van der Waals surface area contributed by atoms with Crippen LogP contribution in [-0.2, 0) is 4.79 Å². The highest BCUT2D eigenvalue weighted by Gasteiger charge is 2.23. The molecule has 1 saturated carbocycles. The first-order chi connectivity index (χ1) is 9.63. The van der Waals surface area contributed by atoms with Gasteiger partial charge in [0.05, 0.1) is 19.2 Å². The van der Waals surface area contributed by atoms with E-state index in [4.69, 9.17) is 4.74 Å². The zero-order valence-electron chi connectivity index (χ0n) is 11.6. The number of carbonyl (C=O) groups is 2. The first-order valence-corrected chi connectivity index (χ1v) is 7.66. The number of ether oxygens (including phenoxy) is 1. The largest absolute Gasteiger partial charge is 0.496 e. The lowest BCUT2D eigenvalue weighted by Gasteiger charge is -2.10. The molecule has 0 atom stereocenters. The summed E-state index contributed by atoms with van der Waals surface area (Å²) in [5.74, 6) is 0.0537. The van der Waals surface area contributed by atoms with E-state index in [1.165, 1.54) is 7.11 Å². The summed E-state index contributed by atoms with van der Waals surface area (Å²) in [6.07, 6.45) is 4.02. The molecule has 20 heavy (non-hydrogen) atoms. The molecular formula is C14H18N2O3S. The monoisotopic (exact) mass is 294 g/mol. The molecule has 5 nitrogen and oxygen atoms in total. The van der Waals surface area contributed by atoms with Gasteiger partial charge in [0.1, 0.15) is 5.75 Å². The molecule has 1 aliphatic rings. The highest BCUT2D eigenvalue weighted by Crippen LogP contribution is 2.25. The van der Waals surface area contributed by atoms with E-state index in [1.807, 2.05) is 18.4 Å². The topological polar surface area (TPSA) is 67.4 Å². The van der Waals surface area contributed by atoms with Crippen molar-refractivity contribution in [3.63, 3.8) is 0 Å². The van der Waals surface area contributed by atoms with Crippen LogP contribution in [0.1, 0.15) is 23.2 Å². The SMILES string of the molecule is COc1cc(SC)ccc1C(=O)NCC(=O)NC1CC1. The van der Waals surface area contributed by atoms with Crippen molar-refractivity contribution >= 4 is 23.6 Å². The van der Waals surface area contributed by atoms with Gasteiger partial charge in [-0.15, -0.1) is 11.8 Å². The number of thioether (sulfide) groups is 1. The summed E-state index contributed by atoms with van der Waals surface area (Å²) in [7, 11) is 1.52. The molecule has 2 N–H and O–H groups in total. The normalized spacial score (nSPS) is 13.7. The number of hydrogen-bond donors (Lipinski definition) is 2. The molecule has 2 rings (SSSR count). The van der Waals surface area contributed by atoms with E-state index in [1.54, 1.807) is 17.8 Å². The number of benzene rings is 1. The van der Waals surface area contributed by atoms with Crippen molar-refractivity contribution in [1.82, 2.24) is 10.6 Å². The number of rotatable bonds is 6. The van der Waals surface area contributed by atoms with Crippen LogP contribution in [0.5, 0.6) is 5.75 Å². The summed E-state index contributed by atoms with van der Waals surface area (Å²) in [5.41, 5.74) is 0.435. The summed E-state index contributed by atoms with van der Waals surface area (Å²) in [5, 5.41) is 5.43. The molecule has 0 heterocycles. The predicted octanol–water partition coefficient (Wildman–Crippen LogP) is 1.43. The Morgan fingerprint density at radius 3 is 2.75 bits per heavy atom. The van der Waals surface area contributed by atoms with Gasteiger partial charge < -0.3 is 15.4 Å². The molecule has 0 unspecified atom stereocenters. The summed E-state index contributed by atoms with van der Waals surface area (Å²) in [6.45, 7) is -0.0111. The van der Waals surface area contributed by atoms with Crippen molar-refractivity contribution in [1.29, 1.82) is 0 Å². The summed E-state index contributed by atoms with van der Waals surface area (Å²) >= 11 is 1.57. The van der Waals surface area contributed by atoms with Gasteiger partial charge >= 0.3 is 0 Å². The molecule has 1 aromatic carbocycles. The maximum atomic E-state index is 12.1. The number of nitrogens with one attached hydrogen (secondary N) is 2. The highest BCUT2D eigenvalue weighted by atomic mass is 32.2. The zero-order valence-corrected chi connectivity index (χ0v) is 12.4. The second-order valence-corrected chi connectivity index (χ2v) is 5.47. The Hall–Kier alpha value is -1.69. The third kappa shape index (κ3) is 3.90. The molecule has 0 spiro atoms. The first-order valence-electron chi connectivity index (χ1n) is 6.43. The van der Waals surface area contributed by atoms with E-state index < -0.39 is 0 Å². The number of amides is 2. The van der Waals surface area contributed by atoms with Crippen molar-refractivity contribution in [2.75, 3.05) is 19.9 Å². The van der Waals surface area contributed by atoms with Crippen LogP contribution >= 0.6 is 11.8 Å². The minimum atomic E-state index is -0.305. The molecule has 0 aliphatic heterocycles. The van der Waals surface area contributed by atoms with E-state index in [-0.39, 0.29) is 18.4 Å². The van der Waals surface area contributed by atoms with Crippen LogP contribution in [0.25, 0.3) is 0 Å². The standard InChI is InChI=1S/C14H18N2O3S/c1-19-12-7-10(20-2)5-6-11(12)14(18)15-8-13(17)16-9-3-4-9/h5-7,9H,3-4,8H2,1-2H3,(H,15,18)(H,16,17). The molecule has 6 heteroatoms. The van der Waals surface area contributed by atoms with Crippen LogP contribution in [0.3, 0.4) is 0 Å². The molecule has 0 bridgehead atoms. The molecule has 1 aliphatic carbocycles. The van der Waals surface area contributed by atoms with Gasteiger partial charge in [0, 0.05) is 10.9 Å². The Kier molecular flexibility index (Phi) is 4.89. The van der Waals surface area contributed by atoms with Gasteiger partial charge in [-0.25, -0.2) is 0 Å². The van der Waals surface area contributed by atoms with Crippen molar-refractivity contribution in [2.24, 2.45) is 0 Å². The molecule has 0 saturated heterocycles. The summed E-state index contributed by atoms with van der Waals surface area (Å²) in [6, 6.07) is 5.67. The van der Waals surface area contributed by atoms with Crippen molar-refractivity contribution in [3.05, 3.63) is 23.8 Å². The van der Waals surface area contributed by atoms with Gasteiger partial charge in [0.2, 0.25) is 5.91 Å². The van der Waals surface area contributed by atoms with Gasteiger partial charge in [0.15, 0.2) is 0 Å². The average molecular weight is 294 g/mol. The minimum absolute atomic E-state index is 0.0111. The number of methoxy groups -OCH3 is 1. The number of carbonyl (C=O) groups excluding carboxylic acids is 2. The van der Waals surface area contributed by atoms with Gasteiger partial charge in [-0.05, 0) is 37.3 Å². The Balaban J connectivity index is 1.95. The molecule has 108 valence electrons. The second kappa shape index (κ2) is 6.65. The van der Waals surface area contributed by atoms with Crippen molar-refractivity contribution in [3.8, 4) is 5.75 Å². The Bertz CT molecular complexity index is 515. The lowest BCUT2D eigenvalue weighted by molar-refractivity contribution is -0.120. The Labute approximate surface area is 122 Å². The average Bonchev–Trinajstić information content (AvgIpc) is 3.27. The van der Waals surface area contributed by atoms with E-state index in [2.05, 4.69) is 10.6 Å². The maximum Gasteiger partial charge on any atom is 0.255 e. The van der Waals surface area contributed by atoms with E-state index in [9.17, 15) is 9.59 Å². The van der Waals surface area contributed by atoms with Crippen LogP contribution in [0.4, 0.5) is 0 Å². The molecule has 1 fully saturated rings. The van der Waals surface area contributed by atoms with Crippen LogP contribution in [0.15, 0.2) is 23.1 Å². The lowest BCUT2D eigenvalue weighted by atomic mass is 10.2. The third-order valence-electron chi connectivity index (χ3n) is 3.01. The van der Waals surface area contributed by atoms with Gasteiger partial charge in [-0.3, -0.25) is 9.59 Å². The second-order valence-electron chi connectivity index (χ2n) is 4.59. The van der Waals surface area contributed by atoms with Crippen LogP contribution in [-0.4, -0.2) is 37.8 Å². The summed E-state index contributed by atoms with van der Waals surface area (Å²) < 4.78 is 5.22. The van der Waals surface area contributed by atoms with Gasteiger partial charge in [-0.2, -0.15) is 0 Å². The Morgan fingerprint density at radius 1 is 1.40 bits per heavy atom. The van der Waals surface area contributed by atoms with E-state index in [0.29, 0.717) is 17.4 Å². The first kappa shape index (κ1) is 14.7. The smallest absolute Gasteiger partial charge is 0.255 e. The van der Waals surface area contributed by atoms with Crippen LogP contribution in [0, 0.1) is 0 Å². The van der Waals surface area contributed by atoms with Gasteiger partial charge in [0.25, 0.3) is 5.91 Å². The van der Waals surface area contributed by atoms with Crippen LogP contribution < -0.4 is 15.4 Å². The number of hydrogen-bond acceptors (Lipinski definition) is 4. The fraction of sp³-hybridized carbons (Fsp3) is 0.429. The highest BCUT2D eigenvalue weighted by molar-refractivity contribution is 7.98. The van der Waals surface area contributed by atoms with Crippen LogP contribution in [0.2, 0.25) is 0 Å². The van der Waals surface area contributed by atoms with E-state index >= 15 is 0 Å². The zero-order chi connectivity index (χ0) is 14.5. The quantitative estimate of drug-likeness (QED) is 0.779. The van der Waals surface area contributed by atoms with Gasteiger partial charge in [-0.1, -0.05) is 0 Å². The predicted molar refractivity (Wildman–Crippen MR) is 78.3 cm³/mol. The fourth-order valence-electron chi connectivity index (χ4n) is 1.75. The molecule has 1 aromatic rings. The fourth-order valence-corrected chi connectivity index (χ4v) is 2.18. The lowest BCUT2D eigenvalue weighted by Crippen LogP contribution is -2.37.